The zero-order valence-electron chi connectivity index (χ0n) is 12.1. The summed E-state index contributed by atoms with van der Waals surface area (Å²) in [6.45, 7) is 0. The minimum absolute atomic E-state index is 0.00126. The summed E-state index contributed by atoms with van der Waals surface area (Å²) in [6, 6.07) is 7.61. The number of Topliss-reactive ketones (excluding diaryl/α,β-unsaturated/α-hetero) is 1. The van der Waals surface area contributed by atoms with Crippen molar-refractivity contribution in [1.82, 2.24) is 0 Å². The number of ketones is 1. The van der Waals surface area contributed by atoms with E-state index in [1.165, 1.54) is 0 Å². The van der Waals surface area contributed by atoms with E-state index in [0.717, 1.165) is 22.6 Å². The van der Waals surface area contributed by atoms with E-state index in [-0.39, 0.29) is 11.7 Å². The van der Waals surface area contributed by atoms with Crippen LogP contribution in [0, 0.1) is 0 Å². The summed E-state index contributed by atoms with van der Waals surface area (Å²) in [7, 11) is 1.60. The highest BCUT2D eigenvalue weighted by molar-refractivity contribution is 7.18. The lowest BCUT2D eigenvalue weighted by Gasteiger charge is -2.23. The number of carbonyl (C=O) groups excluding carboxylic acids is 2. The summed E-state index contributed by atoms with van der Waals surface area (Å²) in [5, 5.41) is 0.325. The molecule has 0 spiro atoms. The minimum atomic E-state index is -0.580. The maximum Gasteiger partial charge on any atom is 0.251 e. The molecule has 6 heteroatoms. The smallest absolute Gasteiger partial charge is 0.251 e. The summed E-state index contributed by atoms with van der Waals surface area (Å²) in [5.74, 6) is 0.126. The monoisotopic (exact) mass is 316 g/mol. The predicted molar refractivity (Wildman–Crippen MR) is 85.6 cm³/mol. The zero-order chi connectivity index (χ0) is 15.9. The van der Waals surface area contributed by atoms with Crippen LogP contribution >= 0.6 is 11.3 Å². The van der Waals surface area contributed by atoms with Gasteiger partial charge in [-0.15, -0.1) is 11.3 Å². The number of nitrogens with two attached hydrogens (primary N) is 2. The number of nitrogen functional groups attached to an aromatic ring is 1. The van der Waals surface area contributed by atoms with Gasteiger partial charge in [0.05, 0.1) is 22.6 Å². The number of benzene rings is 1. The molecule has 1 aliphatic carbocycles. The van der Waals surface area contributed by atoms with Crippen molar-refractivity contribution in [2.75, 3.05) is 12.8 Å². The fourth-order valence-electron chi connectivity index (χ4n) is 3.03. The highest BCUT2D eigenvalue weighted by Crippen LogP contribution is 2.42. The normalized spacial score (nSPS) is 17.1. The van der Waals surface area contributed by atoms with Gasteiger partial charge in [0.1, 0.15) is 5.75 Å². The van der Waals surface area contributed by atoms with E-state index in [2.05, 4.69) is 0 Å². The molecule has 22 heavy (non-hydrogen) atoms. The van der Waals surface area contributed by atoms with Crippen LogP contribution in [0.5, 0.6) is 5.75 Å². The first-order chi connectivity index (χ1) is 10.5. The van der Waals surface area contributed by atoms with Crippen molar-refractivity contribution < 1.29 is 14.3 Å². The molecule has 1 atom stereocenters. The van der Waals surface area contributed by atoms with E-state index in [1.807, 2.05) is 24.3 Å². The maximum atomic E-state index is 12.4. The van der Waals surface area contributed by atoms with Crippen LogP contribution in [0.15, 0.2) is 24.3 Å². The number of primary amides is 1. The van der Waals surface area contributed by atoms with Crippen molar-refractivity contribution in [2.24, 2.45) is 5.73 Å². The van der Waals surface area contributed by atoms with Gasteiger partial charge in [0, 0.05) is 6.42 Å². The number of carbonyl (C=O) groups is 2. The lowest BCUT2D eigenvalue weighted by molar-refractivity contribution is 0.0968. The first-order valence-corrected chi connectivity index (χ1v) is 7.71. The van der Waals surface area contributed by atoms with Gasteiger partial charge in [0.2, 0.25) is 0 Å². The van der Waals surface area contributed by atoms with Gasteiger partial charge in [0.15, 0.2) is 5.78 Å². The second-order valence-electron chi connectivity index (χ2n) is 5.28. The third kappa shape index (κ3) is 2.25. The van der Waals surface area contributed by atoms with Crippen molar-refractivity contribution in [3.63, 3.8) is 0 Å². The number of anilines is 1. The molecule has 2 aromatic rings. The Morgan fingerprint density at radius 2 is 2.05 bits per heavy atom. The molecular formula is C16H16N2O3S. The number of para-hydroxylation sites is 1. The van der Waals surface area contributed by atoms with E-state index < -0.39 is 5.91 Å². The molecule has 1 aromatic carbocycles. The molecule has 1 amide bonds. The van der Waals surface area contributed by atoms with Crippen molar-refractivity contribution in [3.8, 4) is 5.75 Å². The lowest BCUT2D eigenvalue weighted by atomic mass is 9.81. The van der Waals surface area contributed by atoms with Crippen molar-refractivity contribution in [1.29, 1.82) is 0 Å². The molecule has 114 valence electrons. The van der Waals surface area contributed by atoms with Crippen molar-refractivity contribution in [2.45, 2.75) is 18.8 Å². The van der Waals surface area contributed by atoms with Gasteiger partial charge in [-0.1, -0.05) is 18.2 Å². The Bertz CT molecular complexity index is 767. The molecule has 0 radical (unpaired) electrons. The van der Waals surface area contributed by atoms with Crippen LogP contribution in [0.1, 0.15) is 43.5 Å². The lowest BCUT2D eigenvalue weighted by Crippen LogP contribution is -2.21. The summed E-state index contributed by atoms with van der Waals surface area (Å²) >= 11 is 1.16. The van der Waals surface area contributed by atoms with Crippen LogP contribution in [0.4, 0.5) is 5.00 Å². The van der Waals surface area contributed by atoms with Crippen molar-refractivity contribution >= 4 is 28.0 Å². The van der Waals surface area contributed by atoms with Crippen LogP contribution in [0.25, 0.3) is 0 Å². The Labute approximate surface area is 131 Å². The molecule has 1 unspecified atom stereocenters. The molecule has 1 aromatic heterocycles. The fourth-order valence-corrected chi connectivity index (χ4v) is 4.09. The average Bonchev–Trinajstić information content (AvgIpc) is 2.84. The second kappa shape index (κ2) is 5.46. The number of rotatable bonds is 3. The number of hydrogen-bond acceptors (Lipinski definition) is 5. The van der Waals surface area contributed by atoms with Gasteiger partial charge in [0.25, 0.3) is 5.91 Å². The number of methoxy groups -OCH3 is 1. The molecule has 1 heterocycles. The Kier molecular flexibility index (Phi) is 3.62. The van der Waals surface area contributed by atoms with Gasteiger partial charge in [-0.2, -0.15) is 0 Å². The summed E-state index contributed by atoms with van der Waals surface area (Å²) < 4.78 is 5.38. The largest absolute Gasteiger partial charge is 0.496 e. The van der Waals surface area contributed by atoms with Crippen LogP contribution in [0.3, 0.4) is 0 Å². The van der Waals surface area contributed by atoms with Gasteiger partial charge < -0.3 is 16.2 Å². The maximum absolute atomic E-state index is 12.4. The zero-order valence-corrected chi connectivity index (χ0v) is 12.9. The Balaban J connectivity index is 2.07. The molecule has 0 fully saturated rings. The average molecular weight is 316 g/mol. The number of thiophene rings is 1. The van der Waals surface area contributed by atoms with Crippen molar-refractivity contribution in [3.05, 3.63) is 45.8 Å². The number of amides is 1. The number of ether oxygens (including phenoxy) is 1. The molecule has 0 bridgehead atoms. The van der Waals surface area contributed by atoms with Crippen LogP contribution in [-0.2, 0) is 6.42 Å². The van der Waals surface area contributed by atoms with Crippen LogP contribution < -0.4 is 16.2 Å². The molecule has 0 saturated carbocycles. The van der Waals surface area contributed by atoms with Gasteiger partial charge >= 0.3 is 0 Å². The third-order valence-corrected chi connectivity index (χ3v) is 5.10. The quantitative estimate of drug-likeness (QED) is 0.908. The SMILES string of the molecule is COc1ccccc1C1CC(=O)c2sc(N)c(C(N)=O)c2C1. The highest BCUT2D eigenvalue weighted by atomic mass is 32.1. The molecule has 0 aliphatic heterocycles. The highest BCUT2D eigenvalue weighted by Gasteiger charge is 2.33. The first-order valence-electron chi connectivity index (χ1n) is 6.90. The third-order valence-electron chi connectivity index (χ3n) is 4.00. The summed E-state index contributed by atoms with van der Waals surface area (Å²) in [5.41, 5.74) is 13.2. The Hall–Kier alpha value is -2.34. The summed E-state index contributed by atoms with van der Waals surface area (Å²) in [6.07, 6.45) is 0.943. The molecule has 4 N–H and O–H groups in total. The van der Waals surface area contributed by atoms with Gasteiger partial charge in [-0.3, -0.25) is 9.59 Å². The van der Waals surface area contributed by atoms with E-state index in [0.29, 0.717) is 33.8 Å². The van der Waals surface area contributed by atoms with E-state index in [9.17, 15) is 9.59 Å². The molecular weight excluding hydrogens is 300 g/mol. The molecule has 5 nitrogen and oxygen atoms in total. The van der Waals surface area contributed by atoms with Gasteiger partial charge in [-0.25, -0.2) is 0 Å². The second-order valence-corrected chi connectivity index (χ2v) is 6.34. The molecule has 0 saturated heterocycles. The first kappa shape index (κ1) is 14.6. The number of fused-ring (bicyclic) bond motifs is 1. The Morgan fingerprint density at radius 3 is 2.73 bits per heavy atom. The van der Waals surface area contributed by atoms with Crippen LogP contribution in [0.2, 0.25) is 0 Å². The number of hydrogen-bond donors (Lipinski definition) is 2. The molecule has 1 aliphatic rings. The minimum Gasteiger partial charge on any atom is -0.496 e. The topological polar surface area (TPSA) is 95.4 Å². The fraction of sp³-hybridized carbons (Fsp3) is 0.250. The molecule has 3 rings (SSSR count). The summed E-state index contributed by atoms with van der Waals surface area (Å²) in [4.78, 5) is 24.6. The van der Waals surface area contributed by atoms with E-state index in [4.69, 9.17) is 16.2 Å². The van der Waals surface area contributed by atoms with E-state index >= 15 is 0 Å². The van der Waals surface area contributed by atoms with E-state index in [1.54, 1.807) is 7.11 Å². The van der Waals surface area contributed by atoms with Gasteiger partial charge in [-0.05, 0) is 29.5 Å². The predicted octanol–water partition coefficient (Wildman–Crippen LogP) is 2.35. The Morgan fingerprint density at radius 1 is 1.32 bits per heavy atom. The van der Waals surface area contributed by atoms with Crippen LogP contribution in [-0.4, -0.2) is 18.8 Å². The standard InChI is InChI=1S/C16H16N2O3S/c1-21-12-5-3-2-4-9(12)8-6-10-13(15(17)20)16(18)22-14(10)11(19)7-8/h2-5,8H,6-7,18H2,1H3,(H2,17,20).